The Morgan fingerprint density at radius 2 is 1.89 bits per heavy atom. The monoisotopic (exact) mass is 610 g/mol. The number of aryl methyl sites for hydroxylation is 2. The first-order valence-electron chi connectivity index (χ1n) is 8.43. The van der Waals surface area contributed by atoms with Gasteiger partial charge in [0, 0.05) is 16.3 Å². The van der Waals surface area contributed by atoms with Gasteiger partial charge < -0.3 is 18.8 Å². The minimum Gasteiger partial charge on any atom is -0.493 e. The summed E-state index contributed by atoms with van der Waals surface area (Å²) in [6.07, 6.45) is 2.90. The molecule has 0 saturated carbocycles. The van der Waals surface area contributed by atoms with Gasteiger partial charge >= 0.3 is 0 Å². The molecule has 8 heteroatoms. The molecule has 0 saturated heterocycles. The van der Waals surface area contributed by atoms with E-state index in [9.17, 15) is 0 Å². The fourth-order valence-electron chi connectivity index (χ4n) is 2.92. The minimum absolute atomic E-state index is 0.199. The summed E-state index contributed by atoms with van der Waals surface area (Å²) in [6, 6.07) is 4.05. The van der Waals surface area contributed by atoms with Gasteiger partial charge in [-0.15, -0.1) is 0 Å². The Bertz CT molecular complexity index is 894. The van der Waals surface area contributed by atoms with Crippen LogP contribution in [0.3, 0.4) is 0 Å². The summed E-state index contributed by atoms with van der Waals surface area (Å²) in [7, 11) is 3.31. The second-order valence-electron chi connectivity index (χ2n) is 6.90. The Kier molecular flexibility index (Phi) is 6.47. The van der Waals surface area contributed by atoms with Gasteiger partial charge in [-0.2, -0.15) is 0 Å². The van der Waals surface area contributed by atoms with Crippen molar-refractivity contribution in [3.63, 3.8) is 0 Å². The third-order valence-electron chi connectivity index (χ3n) is 4.32. The SMILES string of the molecule is COc1cc(I)c(CCn2cc(Br)c(Br)c2C2=NC(C)(C)CO2)cc1OC. The average molecular weight is 612 g/mol. The van der Waals surface area contributed by atoms with Crippen molar-refractivity contribution in [1.82, 2.24) is 4.57 Å². The number of aliphatic imine (C=N–C) groups is 1. The second kappa shape index (κ2) is 8.32. The third kappa shape index (κ3) is 4.48. The smallest absolute Gasteiger partial charge is 0.235 e. The van der Waals surface area contributed by atoms with Crippen LogP contribution in [-0.2, 0) is 17.7 Å². The zero-order valence-electron chi connectivity index (χ0n) is 15.6. The Morgan fingerprint density at radius 3 is 2.48 bits per heavy atom. The molecule has 0 unspecified atom stereocenters. The molecule has 3 rings (SSSR count). The number of hydrogen-bond donors (Lipinski definition) is 0. The van der Waals surface area contributed by atoms with Crippen molar-refractivity contribution in [3.05, 3.63) is 42.1 Å². The summed E-state index contributed by atoms with van der Waals surface area (Å²) in [6.45, 7) is 5.52. The van der Waals surface area contributed by atoms with E-state index in [2.05, 4.69) is 79.1 Å². The van der Waals surface area contributed by atoms with Gasteiger partial charge in [0.1, 0.15) is 12.3 Å². The van der Waals surface area contributed by atoms with Gasteiger partial charge in [-0.3, -0.25) is 0 Å². The van der Waals surface area contributed by atoms with Crippen LogP contribution in [0.25, 0.3) is 0 Å². The van der Waals surface area contributed by atoms with E-state index >= 15 is 0 Å². The summed E-state index contributed by atoms with van der Waals surface area (Å²) in [4.78, 5) is 4.73. The predicted molar refractivity (Wildman–Crippen MR) is 122 cm³/mol. The highest BCUT2D eigenvalue weighted by Gasteiger charge is 2.30. The predicted octanol–water partition coefficient (Wildman–Crippen LogP) is 5.43. The van der Waals surface area contributed by atoms with Crippen LogP contribution in [0.5, 0.6) is 11.5 Å². The van der Waals surface area contributed by atoms with Crippen molar-refractivity contribution in [3.8, 4) is 11.5 Å². The summed E-state index contributed by atoms with van der Waals surface area (Å²) in [5.41, 5.74) is 1.97. The molecule has 0 N–H and O–H groups in total. The van der Waals surface area contributed by atoms with Crippen LogP contribution in [-0.4, -0.2) is 36.8 Å². The molecule has 0 radical (unpaired) electrons. The molecule has 0 fully saturated rings. The lowest BCUT2D eigenvalue weighted by Gasteiger charge is -2.13. The zero-order chi connectivity index (χ0) is 19.8. The lowest BCUT2D eigenvalue weighted by molar-refractivity contribution is 0.278. The molecule has 146 valence electrons. The topological polar surface area (TPSA) is 45.0 Å². The third-order valence-corrected chi connectivity index (χ3v) is 7.26. The lowest BCUT2D eigenvalue weighted by atomic mass is 10.1. The number of benzene rings is 1. The van der Waals surface area contributed by atoms with Gasteiger partial charge in [0.2, 0.25) is 5.90 Å². The van der Waals surface area contributed by atoms with Crippen LogP contribution in [0.4, 0.5) is 0 Å². The molecule has 1 aromatic heterocycles. The number of aromatic nitrogens is 1. The van der Waals surface area contributed by atoms with E-state index in [1.807, 2.05) is 12.1 Å². The van der Waals surface area contributed by atoms with E-state index in [0.717, 1.165) is 42.7 Å². The molecular formula is C19H21Br2IN2O3. The molecule has 0 bridgehead atoms. The van der Waals surface area contributed by atoms with E-state index in [4.69, 9.17) is 19.2 Å². The van der Waals surface area contributed by atoms with Crippen molar-refractivity contribution < 1.29 is 14.2 Å². The number of hydrogen-bond acceptors (Lipinski definition) is 4. The first-order valence-corrected chi connectivity index (χ1v) is 11.1. The lowest BCUT2D eigenvalue weighted by Crippen LogP contribution is -2.17. The molecule has 0 spiro atoms. The molecule has 0 atom stereocenters. The first kappa shape index (κ1) is 21.0. The number of methoxy groups -OCH3 is 2. The maximum Gasteiger partial charge on any atom is 0.235 e. The van der Waals surface area contributed by atoms with Gasteiger partial charge in [-0.25, -0.2) is 4.99 Å². The van der Waals surface area contributed by atoms with Crippen molar-refractivity contribution in [2.45, 2.75) is 32.4 Å². The number of nitrogens with zero attached hydrogens (tertiary/aromatic N) is 2. The largest absolute Gasteiger partial charge is 0.493 e. The Balaban J connectivity index is 1.89. The van der Waals surface area contributed by atoms with Crippen LogP contribution < -0.4 is 9.47 Å². The molecule has 27 heavy (non-hydrogen) atoms. The van der Waals surface area contributed by atoms with Gasteiger partial charge in [-0.1, -0.05) is 0 Å². The summed E-state index contributed by atoms with van der Waals surface area (Å²) >= 11 is 9.61. The van der Waals surface area contributed by atoms with E-state index in [1.54, 1.807) is 14.2 Å². The minimum atomic E-state index is -0.199. The quantitative estimate of drug-likeness (QED) is 0.409. The molecule has 1 aliphatic rings. The standard InChI is InChI=1S/C19H21Br2IN2O3/c1-19(2)10-27-18(23-19)17-16(21)12(20)9-24(17)6-5-11-7-14(25-3)15(26-4)8-13(11)22/h7-9H,5-6,10H2,1-4H3. The van der Waals surface area contributed by atoms with E-state index in [1.165, 1.54) is 5.56 Å². The summed E-state index contributed by atoms with van der Waals surface area (Å²) in [5, 5.41) is 0. The van der Waals surface area contributed by atoms with E-state index in [-0.39, 0.29) is 5.54 Å². The van der Waals surface area contributed by atoms with Gasteiger partial charge in [-0.05, 0) is 92.4 Å². The van der Waals surface area contributed by atoms with E-state index in [0.29, 0.717) is 12.5 Å². The second-order valence-corrected chi connectivity index (χ2v) is 9.71. The van der Waals surface area contributed by atoms with Crippen LogP contribution >= 0.6 is 54.5 Å². The zero-order valence-corrected chi connectivity index (χ0v) is 20.9. The fourth-order valence-corrected chi connectivity index (χ4v) is 4.57. The van der Waals surface area contributed by atoms with Crippen LogP contribution in [0.15, 0.2) is 32.3 Å². The van der Waals surface area contributed by atoms with Gasteiger partial charge in [0.15, 0.2) is 11.5 Å². The van der Waals surface area contributed by atoms with Gasteiger partial charge in [0.25, 0.3) is 0 Å². The Hall–Kier alpha value is -0.740. The molecular weight excluding hydrogens is 591 g/mol. The van der Waals surface area contributed by atoms with Crippen molar-refractivity contribution in [1.29, 1.82) is 0 Å². The molecule has 1 aromatic carbocycles. The highest BCUT2D eigenvalue weighted by Crippen LogP contribution is 2.34. The van der Waals surface area contributed by atoms with Crippen LogP contribution in [0, 0.1) is 3.57 Å². The van der Waals surface area contributed by atoms with Gasteiger partial charge in [0.05, 0.1) is 28.7 Å². The Labute approximate surface area is 189 Å². The fraction of sp³-hybridized carbons (Fsp3) is 0.421. The van der Waals surface area contributed by atoms with Crippen molar-refractivity contribution in [2.24, 2.45) is 4.99 Å². The molecule has 0 amide bonds. The molecule has 2 heterocycles. The van der Waals surface area contributed by atoms with Crippen LogP contribution in [0.1, 0.15) is 25.1 Å². The summed E-state index contributed by atoms with van der Waals surface area (Å²) in [5.74, 6) is 2.17. The summed E-state index contributed by atoms with van der Waals surface area (Å²) < 4.78 is 22.0. The molecule has 5 nitrogen and oxygen atoms in total. The number of halogens is 3. The van der Waals surface area contributed by atoms with E-state index < -0.39 is 0 Å². The van der Waals surface area contributed by atoms with Crippen molar-refractivity contribution in [2.75, 3.05) is 20.8 Å². The number of rotatable bonds is 6. The maximum absolute atomic E-state index is 5.87. The Morgan fingerprint density at radius 1 is 1.22 bits per heavy atom. The molecule has 2 aromatic rings. The van der Waals surface area contributed by atoms with Crippen LogP contribution in [0.2, 0.25) is 0 Å². The molecule has 0 aliphatic carbocycles. The molecule has 1 aliphatic heterocycles. The highest BCUT2D eigenvalue weighted by atomic mass is 127. The van der Waals surface area contributed by atoms with Crippen molar-refractivity contribution >= 4 is 60.3 Å². The normalized spacial score (nSPS) is 15.4. The number of ether oxygens (including phenoxy) is 3. The average Bonchev–Trinajstić information content (AvgIpc) is 3.12. The highest BCUT2D eigenvalue weighted by molar-refractivity contribution is 14.1. The first-order chi connectivity index (χ1) is 12.8. The maximum atomic E-state index is 5.87.